The lowest BCUT2D eigenvalue weighted by Crippen LogP contribution is -2.04. The van der Waals surface area contributed by atoms with Crippen LogP contribution in [0, 0.1) is 0 Å². The van der Waals surface area contributed by atoms with Crippen LogP contribution in [0.5, 0.6) is 0 Å². The van der Waals surface area contributed by atoms with Gasteiger partial charge in [-0.25, -0.2) is 9.48 Å². The van der Waals surface area contributed by atoms with Crippen LogP contribution in [-0.2, 0) is 6.18 Å². The van der Waals surface area contributed by atoms with Crippen molar-refractivity contribution in [2.75, 3.05) is 0 Å². The maximum absolute atomic E-state index is 12.9. The summed E-state index contributed by atoms with van der Waals surface area (Å²) < 4.78 is 40.3. The molecule has 3 aromatic carbocycles. The number of carboxylic acid groups (broad SMARTS) is 1. The van der Waals surface area contributed by atoms with E-state index in [-0.39, 0.29) is 16.8 Å². The van der Waals surface area contributed by atoms with Crippen LogP contribution in [0.3, 0.4) is 0 Å². The van der Waals surface area contributed by atoms with Gasteiger partial charge in [-0.3, -0.25) is 0 Å². The molecule has 0 unspecified atom stereocenters. The minimum absolute atomic E-state index is 0.0648. The Kier molecular flexibility index (Phi) is 5.29. The minimum atomic E-state index is -4.49. The largest absolute Gasteiger partial charge is 0.478 e. The number of aromatic nitrogens is 2. The first kappa shape index (κ1) is 20.7. The van der Waals surface area contributed by atoms with E-state index in [1.165, 1.54) is 16.8 Å². The summed E-state index contributed by atoms with van der Waals surface area (Å²) in [5, 5.41) is 15.0. The zero-order chi connectivity index (χ0) is 22.2. The quantitative estimate of drug-likeness (QED) is 0.388. The SMILES string of the molecule is O=C(O)c1c(-c2ccc(C(F)(F)F)cc2)nn(-c2ccc(Cl)cc2)c1-c1ccccc1. The Balaban J connectivity index is 1.98. The zero-order valence-corrected chi connectivity index (χ0v) is 16.5. The predicted octanol–water partition coefficient (Wildman–Crippen LogP) is 6.58. The van der Waals surface area contributed by atoms with Crippen LogP contribution in [0.1, 0.15) is 15.9 Å². The highest BCUT2D eigenvalue weighted by atomic mass is 35.5. The molecular formula is C23H14ClF3N2O2. The molecule has 1 heterocycles. The van der Waals surface area contributed by atoms with Gasteiger partial charge in [-0.2, -0.15) is 18.3 Å². The van der Waals surface area contributed by atoms with E-state index < -0.39 is 17.7 Å². The second kappa shape index (κ2) is 7.92. The summed E-state index contributed by atoms with van der Waals surface area (Å²) in [4.78, 5) is 12.3. The Morgan fingerprint density at radius 2 is 1.48 bits per heavy atom. The van der Waals surface area contributed by atoms with Crippen LogP contribution in [0.15, 0.2) is 78.9 Å². The monoisotopic (exact) mass is 442 g/mol. The Morgan fingerprint density at radius 1 is 0.871 bits per heavy atom. The van der Waals surface area contributed by atoms with Gasteiger partial charge in [-0.05, 0) is 36.4 Å². The molecule has 0 bridgehead atoms. The number of rotatable bonds is 4. The molecule has 4 aromatic rings. The van der Waals surface area contributed by atoms with Crippen molar-refractivity contribution in [1.82, 2.24) is 9.78 Å². The lowest BCUT2D eigenvalue weighted by molar-refractivity contribution is -0.137. The third kappa shape index (κ3) is 4.04. The molecule has 0 aliphatic carbocycles. The van der Waals surface area contributed by atoms with Gasteiger partial charge in [0.05, 0.1) is 16.9 Å². The van der Waals surface area contributed by atoms with Crippen LogP contribution in [0.25, 0.3) is 28.2 Å². The van der Waals surface area contributed by atoms with Crippen LogP contribution in [0.4, 0.5) is 13.2 Å². The van der Waals surface area contributed by atoms with Gasteiger partial charge >= 0.3 is 12.1 Å². The molecule has 0 saturated heterocycles. The number of carbonyl (C=O) groups is 1. The fourth-order valence-corrected chi connectivity index (χ4v) is 3.40. The normalized spacial score (nSPS) is 11.5. The lowest BCUT2D eigenvalue weighted by Gasteiger charge is -2.09. The van der Waals surface area contributed by atoms with Crippen molar-refractivity contribution >= 4 is 17.6 Å². The molecule has 156 valence electrons. The van der Waals surface area contributed by atoms with E-state index in [0.717, 1.165) is 12.1 Å². The highest BCUT2D eigenvalue weighted by Crippen LogP contribution is 2.36. The Hall–Kier alpha value is -3.58. The fourth-order valence-electron chi connectivity index (χ4n) is 3.27. The summed E-state index contributed by atoms with van der Waals surface area (Å²) in [5.74, 6) is -1.24. The van der Waals surface area contributed by atoms with Crippen molar-refractivity contribution in [2.45, 2.75) is 6.18 Å². The average molecular weight is 443 g/mol. The van der Waals surface area contributed by atoms with E-state index in [9.17, 15) is 23.1 Å². The highest BCUT2D eigenvalue weighted by molar-refractivity contribution is 6.30. The molecule has 0 atom stereocenters. The Bertz CT molecular complexity index is 1230. The minimum Gasteiger partial charge on any atom is -0.478 e. The second-order valence-corrected chi connectivity index (χ2v) is 7.14. The number of hydrogen-bond donors (Lipinski definition) is 1. The summed E-state index contributed by atoms with van der Waals surface area (Å²) >= 11 is 5.97. The molecule has 4 nitrogen and oxygen atoms in total. The number of benzene rings is 3. The van der Waals surface area contributed by atoms with E-state index in [1.54, 1.807) is 54.6 Å². The van der Waals surface area contributed by atoms with Crippen molar-refractivity contribution in [3.8, 4) is 28.2 Å². The average Bonchev–Trinajstić information content (AvgIpc) is 3.15. The van der Waals surface area contributed by atoms with E-state index >= 15 is 0 Å². The molecule has 0 aliphatic rings. The number of aromatic carboxylic acids is 1. The summed E-state index contributed by atoms with van der Waals surface area (Å²) in [6.07, 6.45) is -4.49. The molecule has 31 heavy (non-hydrogen) atoms. The molecule has 0 radical (unpaired) electrons. The second-order valence-electron chi connectivity index (χ2n) is 6.71. The molecule has 0 spiro atoms. The molecule has 4 rings (SSSR count). The van der Waals surface area contributed by atoms with Crippen LogP contribution >= 0.6 is 11.6 Å². The maximum Gasteiger partial charge on any atom is 0.416 e. The first-order valence-corrected chi connectivity index (χ1v) is 9.49. The topological polar surface area (TPSA) is 55.1 Å². The molecular weight excluding hydrogens is 429 g/mol. The van der Waals surface area contributed by atoms with Gasteiger partial charge < -0.3 is 5.11 Å². The number of halogens is 4. The number of carboxylic acids is 1. The van der Waals surface area contributed by atoms with E-state index in [0.29, 0.717) is 22.0 Å². The summed E-state index contributed by atoms with van der Waals surface area (Å²) in [6, 6.07) is 19.7. The predicted molar refractivity (Wildman–Crippen MR) is 111 cm³/mol. The van der Waals surface area contributed by atoms with Gasteiger partial charge in [-0.1, -0.05) is 54.1 Å². The van der Waals surface area contributed by atoms with Crippen LogP contribution in [-0.4, -0.2) is 20.9 Å². The summed E-state index contributed by atoms with van der Waals surface area (Å²) in [5.41, 5.74) is 0.856. The van der Waals surface area contributed by atoms with Crippen molar-refractivity contribution in [3.05, 3.63) is 95.0 Å². The van der Waals surface area contributed by atoms with Gasteiger partial charge in [0.2, 0.25) is 0 Å². The molecule has 8 heteroatoms. The molecule has 1 aromatic heterocycles. The molecule has 1 N–H and O–H groups in total. The van der Waals surface area contributed by atoms with Gasteiger partial charge in [0.25, 0.3) is 0 Å². The van der Waals surface area contributed by atoms with Crippen LogP contribution < -0.4 is 0 Å². The zero-order valence-electron chi connectivity index (χ0n) is 15.8. The summed E-state index contributed by atoms with van der Waals surface area (Å²) in [6.45, 7) is 0. The van der Waals surface area contributed by atoms with Crippen LogP contribution in [0.2, 0.25) is 5.02 Å². The standard InChI is InChI=1S/C23H14ClF3N2O2/c24-17-10-12-18(13-11-17)29-21(15-4-2-1-3-5-15)19(22(30)31)20(28-29)14-6-8-16(9-7-14)23(25,26)27/h1-13H,(H,30,31). The van der Waals surface area contributed by atoms with Gasteiger partial charge in [-0.15, -0.1) is 0 Å². The van der Waals surface area contributed by atoms with Crippen molar-refractivity contribution in [3.63, 3.8) is 0 Å². The lowest BCUT2D eigenvalue weighted by atomic mass is 10.0. The third-order valence-corrected chi connectivity index (χ3v) is 4.96. The van der Waals surface area contributed by atoms with Gasteiger partial charge in [0.15, 0.2) is 0 Å². The Morgan fingerprint density at radius 3 is 2.03 bits per heavy atom. The number of hydrogen-bond acceptors (Lipinski definition) is 2. The fraction of sp³-hybridized carbons (Fsp3) is 0.0435. The van der Waals surface area contributed by atoms with Gasteiger partial charge in [0.1, 0.15) is 11.3 Å². The van der Waals surface area contributed by atoms with Crippen molar-refractivity contribution < 1.29 is 23.1 Å². The van der Waals surface area contributed by atoms with E-state index in [4.69, 9.17) is 11.6 Å². The first-order chi connectivity index (χ1) is 14.8. The molecule has 0 aliphatic heterocycles. The maximum atomic E-state index is 12.9. The third-order valence-electron chi connectivity index (χ3n) is 4.70. The van der Waals surface area contributed by atoms with Crippen molar-refractivity contribution in [1.29, 1.82) is 0 Å². The first-order valence-electron chi connectivity index (χ1n) is 9.11. The van der Waals surface area contributed by atoms with Gasteiger partial charge in [0, 0.05) is 16.1 Å². The van der Waals surface area contributed by atoms with E-state index in [1.807, 2.05) is 0 Å². The van der Waals surface area contributed by atoms with Crippen molar-refractivity contribution in [2.24, 2.45) is 0 Å². The summed E-state index contributed by atoms with van der Waals surface area (Å²) in [7, 11) is 0. The molecule has 0 fully saturated rings. The smallest absolute Gasteiger partial charge is 0.416 e. The van der Waals surface area contributed by atoms with E-state index in [2.05, 4.69) is 5.10 Å². The Labute approximate surface area is 180 Å². The number of nitrogens with zero attached hydrogens (tertiary/aromatic N) is 2. The molecule has 0 saturated carbocycles. The molecule has 0 amide bonds. The highest BCUT2D eigenvalue weighted by Gasteiger charge is 2.31. The number of alkyl halides is 3.